The number of carbonyl (C=O) groups excluding carboxylic acids is 1. The molecule has 0 amide bonds. The molecular weight excluding hydrogens is 617 g/mol. The molecule has 0 N–H and O–H groups in total. The fourth-order valence-electron chi connectivity index (χ4n) is 6.96. The molecule has 5 rings (SSSR count). The molecule has 0 aromatic heterocycles. The third-order valence-corrected chi connectivity index (χ3v) is 19.1. The minimum absolute atomic E-state index is 0.218. The summed E-state index contributed by atoms with van der Waals surface area (Å²) < 4.78 is 27.1. The van der Waals surface area contributed by atoms with Crippen molar-refractivity contribution >= 4 is 43.4 Å². The lowest BCUT2D eigenvalue weighted by molar-refractivity contribution is -0.189. The Balaban J connectivity index is 1.62. The van der Waals surface area contributed by atoms with Crippen LogP contribution >= 0.6 is 0 Å². The first-order chi connectivity index (χ1) is 22.4. The van der Waals surface area contributed by atoms with Gasteiger partial charge in [-0.15, -0.1) is 0 Å². The predicted octanol–water partition coefficient (Wildman–Crippen LogP) is 6.35. The fourth-order valence-corrected chi connectivity index (χ4v) is 16.2. The van der Waals surface area contributed by atoms with Crippen LogP contribution in [0, 0.1) is 0 Å². The van der Waals surface area contributed by atoms with Crippen molar-refractivity contribution in [2.75, 3.05) is 6.61 Å². The number of rotatable bonds is 10. The highest BCUT2D eigenvalue weighted by molar-refractivity contribution is 7.00. The number of esters is 1. The Morgan fingerprint density at radius 2 is 1.00 bits per heavy atom. The first kappa shape index (κ1) is 34.7. The van der Waals surface area contributed by atoms with Gasteiger partial charge in [0, 0.05) is 6.92 Å². The zero-order valence-corrected chi connectivity index (χ0v) is 30.7. The van der Waals surface area contributed by atoms with E-state index >= 15 is 0 Å². The topological polar surface area (TPSA) is 54.0 Å². The van der Waals surface area contributed by atoms with Crippen molar-refractivity contribution in [2.24, 2.45) is 0 Å². The van der Waals surface area contributed by atoms with Gasteiger partial charge in [-0.05, 0) is 36.9 Å². The molecule has 0 saturated heterocycles. The maximum absolute atomic E-state index is 12.1. The van der Waals surface area contributed by atoms with Crippen LogP contribution in [-0.4, -0.2) is 47.7 Å². The second kappa shape index (κ2) is 14.3. The van der Waals surface area contributed by atoms with Gasteiger partial charge in [-0.25, -0.2) is 0 Å². The quantitative estimate of drug-likeness (QED) is 0.112. The van der Waals surface area contributed by atoms with E-state index in [-0.39, 0.29) is 16.7 Å². The summed E-state index contributed by atoms with van der Waals surface area (Å²) in [4.78, 5) is 12.1. The van der Waals surface area contributed by atoms with Gasteiger partial charge >= 0.3 is 5.97 Å². The molecular formula is C40H48O5Si2. The van der Waals surface area contributed by atoms with E-state index in [4.69, 9.17) is 18.3 Å². The molecule has 0 saturated carbocycles. The third-order valence-electron chi connectivity index (χ3n) is 9.03. The van der Waals surface area contributed by atoms with Crippen LogP contribution in [-0.2, 0) is 23.1 Å². The molecule has 0 unspecified atom stereocenters. The average Bonchev–Trinajstić information content (AvgIpc) is 3.05. The largest absolute Gasteiger partial charge is 0.432 e. The highest BCUT2D eigenvalue weighted by Crippen LogP contribution is 2.40. The minimum atomic E-state index is -2.96. The van der Waals surface area contributed by atoms with Gasteiger partial charge in [0.15, 0.2) is 0 Å². The van der Waals surface area contributed by atoms with Crippen LogP contribution in [0.5, 0.6) is 0 Å². The number of ether oxygens (including phenoxy) is 2. The first-order valence-electron chi connectivity index (χ1n) is 16.4. The predicted molar refractivity (Wildman–Crippen MR) is 196 cm³/mol. The fraction of sp³-hybridized carbons (Fsp3) is 0.325. The zero-order valence-electron chi connectivity index (χ0n) is 28.7. The second-order valence-corrected chi connectivity index (χ2v) is 22.8. The van der Waals surface area contributed by atoms with Crippen molar-refractivity contribution < 1.29 is 23.1 Å². The molecule has 1 aliphatic rings. The Hall–Kier alpha value is -3.60. The van der Waals surface area contributed by atoms with E-state index in [1.54, 1.807) is 6.08 Å². The lowest BCUT2D eigenvalue weighted by Gasteiger charge is -2.48. The first-order valence-corrected chi connectivity index (χ1v) is 20.2. The maximum Gasteiger partial charge on any atom is 0.305 e. The van der Waals surface area contributed by atoms with Crippen molar-refractivity contribution in [2.45, 2.75) is 77.0 Å². The van der Waals surface area contributed by atoms with Gasteiger partial charge in [-0.2, -0.15) is 0 Å². The normalized spacial score (nSPS) is 18.9. The van der Waals surface area contributed by atoms with Crippen LogP contribution in [0.4, 0.5) is 0 Å². The van der Waals surface area contributed by atoms with Crippen molar-refractivity contribution in [1.82, 2.24) is 0 Å². The van der Waals surface area contributed by atoms with E-state index in [0.717, 1.165) is 0 Å². The molecule has 3 atom stereocenters. The molecule has 0 fully saturated rings. The molecule has 1 aliphatic heterocycles. The minimum Gasteiger partial charge on any atom is -0.432 e. The molecule has 246 valence electrons. The van der Waals surface area contributed by atoms with E-state index in [1.165, 1.54) is 27.7 Å². The second-order valence-electron chi connectivity index (χ2n) is 14.3. The Morgan fingerprint density at radius 3 is 1.36 bits per heavy atom. The van der Waals surface area contributed by atoms with E-state index in [9.17, 15) is 4.79 Å². The molecule has 0 spiro atoms. The monoisotopic (exact) mass is 664 g/mol. The van der Waals surface area contributed by atoms with Gasteiger partial charge in [-0.3, -0.25) is 4.79 Å². The van der Waals surface area contributed by atoms with Gasteiger partial charge in [0.1, 0.15) is 6.10 Å². The molecule has 0 radical (unpaired) electrons. The Kier molecular flexibility index (Phi) is 10.5. The molecule has 0 bridgehead atoms. The number of benzene rings is 4. The van der Waals surface area contributed by atoms with Crippen molar-refractivity contribution in [3.8, 4) is 0 Å². The van der Waals surface area contributed by atoms with Gasteiger partial charge in [0.2, 0.25) is 6.29 Å². The number of hydrogen-bond donors (Lipinski definition) is 0. The van der Waals surface area contributed by atoms with Crippen LogP contribution in [0.25, 0.3) is 0 Å². The third kappa shape index (κ3) is 7.15. The molecule has 47 heavy (non-hydrogen) atoms. The number of carbonyl (C=O) groups is 1. The van der Waals surface area contributed by atoms with E-state index in [1.807, 2.05) is 30.3 Å². The standard InChI is InChI=1S/C40H48O5Si2/c1-31(41)43-38-29-28-36(45-47(40(5,6)7,34-24-16-10-17-25-34)35-26-18-11-19-27-35)37(44-38)30-42-46(39(2,3)4,32-20-12-8-13-21-32)33-22-14-9-15-23-33/h8-29,36-38H,30H2,1-7H3/t36-,37+,38-/m0/s1. The molecule has 4 aromatic carbocycles. The summed E-state index contributed by atoms with van der Waals surface area (Å²) in [6.45, 7) is 15.2. The van der Waals surface area contributed by atoms with Crippen LogP contribution in [0.15, 0.2) is 133 Å². The van der Waals surface area contributed by atoms with E-state index in [0.29, 0.717) is 0 Å². The molecule has 7 heteroatoms. The molecule has 1 heterocycles. The Labute approximate surface area is 282 Å². The summed E-state index contributed by atoms with van der Waals surface area (Å²) in [5.41, 5.74) is 0. The van der Waals surface area contributed by atoms with Gasteiger partial charge < -0.3 is 18.3 Å². The summed E-state index contributed by atoms with van der Waals surface area (Å²) in [5.74, 6) is -0.405. The summed E-state index contributed by atoms with van der Waals surface area (Å²) in [6.07, 6.45) is 1.96. The maximum atomic E-state index is 12.1. The lowest BCUT2D eigenvalue weighted by atomic mass is 10.1. The summed E-state index contributed by atoms with van der Waals surface area (Å²) >= 11 is 0. The zero-order chi connectivity index (χ0) is 33.7. The summed E-state index contributed by atoms with van der Waals surface area (Å²) in [6, 6.07) is 42.4. The highest BCUT2D eigenvalue weighted by Gasteiger charge is 2.54. The number of hydrogen-bond acceptors (Lipinski definition) is 5. The average molecular weight is 665 g/mol. The SMILES string of the molecule is CC(=O)O[C@@H]1C=C[C@H](O[Si](c2ccccc2)(c2ccccc2)C(C)(C)C)[C@@H](CO[Si](c2ccccc2)(c2ccccc2)C(C)(C)C)O1. The van der Waals surface area contributed by atoms with Crippen LogP contribution < -0.4 is 20.7 Å². The van der Waals surface area contributed by atoms with Gasteiger partial charge in [-0.1, -0.05) is 169 Å². The summed E-state index contributed by atoms with van der Waals surface area (Å²) in [7, 11) is -5.85. The Bertz CT molecular complexity index is 1530. The van der Waals surface area contributed by atoms with Crippen molar-refractivity contribution in [3.05, 3.63) is 133 Å². The Morgan fingerprint density at radius 1 is 0.617 bits per heavy atom. The van der Waals surface area contributed by atoms with Crippen LogP contribution in [0.1, 0.15) is 48.5 Å². The highest BCUT2D eigenvalue weighted by atomic mass is 28.4. The molecule has 5 nitrogen and oxygen atoms in total. The molecule has 4 aromatic rings. The van der Waals surface area contributed by atoms with Crippen molar-refractivity contribution in [1.29, 1.82) is 0 Å². The summed E-state index contributed by atoms with van der Waals surface area (Å²) in [5, 5.41) is 4.28. The smallest absolute Gasteiger partial charge is 0.305 e. The molecule has 0 aliphatic carbocycles. The lowest BCUT2D eigenvalue weighted by Crippen LogP contribution is -2.69. The van der Waals surface area contributed by atoms with Gasteiger partial charge in [0.05, 0.1) is 12.7 Å². The van der Waals surface area contributed by atoms with E-state index < -0.39 is 41.1 Å². The van der Waals surface area contributed by atoms with Crippen LogP contribution in [0.3, 0.4) is 0 Å². The van der Waals surface area contributed by atoms with Gasteiger partial charge in [0.25, 0.3) is 16.6 Å². The van der Waals surface area contributed by atoms with Crippen molar-refractivity contribution in [3.63, 3.8) is 0 Å². The van der Waals surface area contributed by atoms with E-state index in [2.05, 4.69) is 139 Å². The van der Waals surface area contributed by atoms with Crippen LogP contribution in [0.2, 0.25) is 10.1 Å².